The van der Waals surface area contributed by atoms with Crippen LogP contribution in [0.2, 0.25) is 13.1 Å². The van der Waals surface area contributed by atoms with Gasteiger partial charge in [0, 0.05) is 14.9 Å². The summed E-state index contributed by atoms with van der Waals surface area (Å²) in [6, 6.07) is 2.39. The largest absolute Gasteiger partial charge is 2.00 e. The van der Waals surface area contributed by atoms with E-state index in [2.05, 4.69) is 39.9 Å². The van der Waals surface area contributed by atoms with Crippen molar-refractivity contribution in [3.8, 4) is 0 Å². The van der Waals surface area contributed by atoms with Crippen LogP contribution in [-0.4, -0.2) is 38.0 Å². The number of halogens is 1. The molecule has 0 unspecified atom stereocenters. The predicted molar refractivity (Wildman–Crippen MR) is 58.6 cm³/mol. The van der Waals surface area contributed by atoms with Gasteiger partial charge in [0.25, 0.3) is 0 Å². The molecule has 0 aliphatic rings. The van der Waals surface area contributed by atoms with Crippen LogP contribution in [0.1, 0.15) is 27.2 Å². The Bertz CT molecular complexity index is 110. The maximum Gasteiger partial charge on any atom is 2.00 e. The van der Waals surface area contributed by atoms with Crippen molar-refractivity contribution in [3.63, 3.8) is 0 Å². The van der Waals surface area contributed by atoms with E-state index >= 15 is 0 Å². The Morgan fingerprint density at radius 1 is 1.31 bits per heavy atom. The van der Waals surface area contributed by atoms with Crippen LogP contribution in [0.15, 0.2) is 0 Å². The van der Waals surface area contributed by atoms with Crippen molar-refractivity contribution in [1.82, 2.24) is 0 Å². The molecule has 0 aromatic heterocycles. The number of hydrogen-bond acceptors (Lipinski definition) is 1. The first-order valence-electron chi connectivity index (χ1n) is 4.46. The summed E-state index contributed by atoms with van der Waals surface area (Å²) in [6.45, 7) is 11.9. The van der Waals surface area contributed by atoms with Crippen LogP contribution >= 0.6 is 0 Å². The number of rotatable bonds is 5. The van der Waals surface area contributed by atoms with E-state index in [1.807, 2.05) is 0 Å². The fraction of sp³-hybridized carbons (Fsp3) is 0.889. The average molecular weight is 233 g/mol. The Balaban J connectivity index is -0.000000500. The third-order valence-corrected chi connectivity index (χ3v) is 3.85. The van der Waals surface area contributed by atoms with Gasteiger partial charge in [-0.15, -0.1) is 0 Å². The summed E-state index contributed by atoms with van der Waals surface area (Å²) in [6.07, 6.45) is 1.19. The van der Waals surface area contributed by atoms with Gasteiger partial charge in [0.1, 0.15) is 0 Å². The van der Waals surface area contributed by atoms with E-state index in [1.54, 1.807) is 0 Å². The van der Waals surface area contributed by atoms with E-state index in [-0.39, 0.29) is 35.5 Å². The molecule has 0 radical (unpaired) electrons. The van der Waals surface area contributed by atoms with E-state index < -0.39 is 8.32 Å². The van der Waals surface area contributed by atoms with Gasteiger partial charge < -0.3 is 22.9 Å². The van der Waals surface area contributed by atoms with Gasteiger partial charge in [-0.1, -0.05) is 32.9 Å². The third-order valence-electron chi connectivity index (χ3n) is 1.60. The molecule has 13 heavy (non-hydrogen) atoms. The van der Waals surface area contributed by atoms with Gasteiger partial charge in [-0.2, -0.15) is 6.42 Å². The molecular formula is C9H21ClMgOSi. The molecule has 0 bridgehead atoms. The quantitative estimate of drug-likeness (QED) is 0.465. The second-order valence-electron chi connectivity index (χ2n) is 3.87. The maximum atomic E-state index is 5.66. The molecule has 0 amide bonds. The first-order valence-corrected chi connectivity index (χ1v) is 7.45. The summed E-state index contributed by atoms with van der Waals surface area (Å²) >= 11 is 0. The molecule has 0 spiro atoms. The Morgan fingerprint density at radius 3 is 2.08 bits per heavy atom. The molecule has 0 aliphatic heterocycles. The van der Waals surface area contributed by atoms with E-state index in [4.69, 9.17) is 4.43 Å². The Hall–Kier alpha value is 1.23. The van der Waals surface area contributed by atoms with E-state index in [1.165, 1.54) is 6.42 Å². The van der Waals surface area contributed by atoms with Gasteiger partial charge in [-0.25, -0.2) is 0 Å². The molecule has 0 heterocycles. The molecule has 0 aromatic rings. The third kappa shape index (κ3) is 13.2. The van der Waals surface area contributed by atoms with Gasteiger partial charge in [0.2, 0.25) is 0 Å². The van der Waals surface area contributed by atoms with E-state index in [0.717, 1.165) is 12.5 Å². The fourth-order valence-electron chi connectivity index (χ4n) is 0.950. The molecule has 0 rings (SSSR count). The Morgan fingerprint density at radius 2 is 1.77 bits per heavy atom. The van der Waals surface area contributed by atoms with E-state index in [0.29, 0.717) is 0 Å². The first-order chi connectivity index (χ1) is 4.98. The molecule has 0 aliphatic carbocycles. The summed E-state index contributed by atoms with van der Waals surface area (Å²) in [5, 5.41) is 0. The smallest absolute Gasteiger partial charge is 1.00 e. The summed E-state index contributed by atoms with van der Waals surface area (Å²) in [5.41, 5.74) is 0. The summed E-state index contributed by atoms with van der Waals surface area (Å²) in [4.78, 5) is 0. The molecule has 1 nitrogen and oxygen atoms in total. The molecule has 0 fully saturated rings. The van der Waals surface area contributed by atoms with Crippen LogP contribution in [0.3, 0.4) is 0 Å². The minimum atomic E-state index is -1.39. The van der Waals surface area contributed by atoms with Gasteiger partial charge >= 0.3 is 23.1 Å². The molecular weight excluding hydrogens is 212 g/mol. The minimum absolute atomic E-state index is 0. The predicted octanol–water partition coefficient (Wildman–Crippen LogP) is -0.359. The molecule has 0 atom stereocenters. The van der Waals surface area contributed by atoms with Crippen LogP contribution in [-0.2, 0) is 4.43 Å². The van der Waals surface area contributed by atoms with Crippen LogP contribution < -0.4 is 12.4 Å². The summed E-state index contributed by atoms with van der Waals surface area (Å²) < 4.78 is 5.66. The molecule has 0 N–H and O–H groups in total. The summed E-state index contributed by atoms with van der Waals surface area (Å²) in [7, 11) is -1.39. The molecule has 0 saturated carbocycles. The first kappa shape index (κ1) is 19.8. The standard InChI is InChI=1S/C9H21OSi.ClH.Mg/c1-6-10-11(4,5)8-7-9(2)3;;/h8-9H,6-7H2,1-5H3;1H;/q-1;;+2/p-1. The SMILES string of the molecule is CCO[Si](C)(C)[CH-]CC(C)C.[Cl-].[Mg+2]. The molecule has 0 aromatic carbocycles. The van der Waals surface area contributed by atoms with Crippen molar-refractivity contribution < 1.29 is 16.8 Å². The van der Waals surface area contributed by atoms with Crippen molar-refractivity contribution >= 4 is 31.4 Å². The summed E-state index contributed by atoms with van der Waals surface area (Å²) in [5.74, 6) is 0.766. The zero-order valence-corrected chi connectivity index (χ0v) is 12.7. The second kappa shape index (κ2) is 9.78. The zero-order chi connectivity index (χ0) is 8.91. The monoisotopic (exact) mass is 232 g/mol. The van der Waals surface area contributed by atoms with Crippen molar-refractivity contribution in [2.24, 2.45) is 5.92 Å². The van der Waals surface area contributed by atoms with Crippen LogP contribution in [0.4, 0.5) is 0 Å². The van der Waals surface area contributed by atoms with Crippen molar-refractivity contribution in [1.29, 1.82) is 0 Å². The van der Waals surface area contributed by atoms with E-state index in [9.17, 15) is 0 Å². The Labute approximate surface area is 107 Å². The normalized spacial score (nSPS) is 10.6. The van der Waals surface area contributed by atoms with Crippen molar-refractivity contribution in [2.45, 2.75) is 40.3 Å². The van der Waals surface area contributed by atoms with Crippen molar-refractivity contribution in [3.05, 3.63) is 6.04 Å². The average Bonchev–Trinajstić information content (AvgIpc) is 1.84. The van der Waals surface area contributed by atoms with Gasteiger partial charge in [-0.05, 0) is 6.92 Å². The van der Waals surface area contributed by atoms with Crippen LogP contribution in [0, 0.1) is 12.0 Å². The molecule has 76 valence electrons. The maximum absolute atomic E-state index is 5.66. The van der Waals surface area contributed by atoms with Crippen molar-refractivity contribution in [2.75, 3.05) is 6.61 Å². The van der Waals surface area contributed by atoms with Crippen LogP contribution in [0.5, 0.6) is 0 Å². The van der Waals surface area contributed by atoms with Crippen LogP contribution in [0.25, 0.3) is 0 Å². The van der Waals surface area contributed by atoms with Gasteiger partial charge in [0.05, 0.1) is 0 Å². The fourth-order valence-corrected chi connectivity index (χ4v) is 2.85. The zero-order valence-electron chi connectivity index (χ0n) is 9.56. The van der Waals surface area contributed by atoms with Gasteiger partial charge in [-0.3, -0.25) is 0 Å². The second-order valence-corrected chi connectivity index (χ2v) is 7.77. The topological polar surface area (TPSA) is 9.23 Å². The number of hydrogen-bond donors (Lipinski definition) is 0. The molecule has 0 saturated heterocycles. The molecule has 4 heteroatoms. The minimum Gasteiger partial charge on any atom is -1.00 e. The Kier molecular flexibility index (Phi) is 14.9. The van der Waals surface area contributed by atoms with Gasteiger partial charge in [0.15, 0.2) is 0 Å².